The fourth-order valence-corrected chi connectivity index (χ4v) is 5.88. The number of sulfonamides is 1. The van der Waals surface area contributed by atoms with Crippen LogP contribution in [0.4, 0.5) is 5.13 Å². The van der Waals surface area contributed by atoms with E-state index >= 15 is 0 Å². The number of carbonyl (C=O) groups excluding carboxylic acids is 2. The van der Waals surface area contributed by atoms with Gasteiger partial charge in [-0.2, -0.15) is 4.31 Å². The molecule has 30 heavy (non-hydrogen) atoms. The van der Waals surface area contributed by atoms with Gasteiger partial charge in [-0.25, -0.2) is 18.2 Å². The van der Waals surface area contributed by atoms with Crippen LogP contribution in [-0.2, 0) is 14.8 Å². The molecule has 1 aliphatic rings. The Labute approximate surface area is 180 Å². The Kier molecular flexibility index (Phi) is 6.89. The molecule has 8 nitrogen and oxygen atoms in total. The van der Waals surface area contributed by atoms with Gasteiger partial charge in [-0.3, -0.25) is 10.1 Å². The minimum Gasteiger partial charge on any atom is -0.461 e. The molecule has 2 heterocycles. The van der Waals surface area contributed by atoms with Crippen LogP contribution in [0, 0.1) is 11.8 Å². The highest BCUT2D eigenvalue weighted by atomic mass is 32.2. The average Bonchev–Trinajstić information content (AvgIpc) is 3.16. The topological polar surface area (TPSA) is 106 Å². The van der Waals surface area contributed by atoms with Gasteiger partial charge in [0.25, 0.3) is 5.91 Å². The minimum atomic E-state index is -3.60. The number of hydrogen-bond acceptors (Lipinski definition) is 7. The number of amides is 1. The third-order valence-electron chi connectivity index (χ3n) is 4.80. The highest BCUT2D eigenvalue weighted by Crippen LogP contribution is 2.27. The summed E-state index contributed by atoms with van der Waals surface area (Å²) in [5.74, 6) is -0.369. The molecule has 0 radical (unpaired) electrons. The lowest BCUT2D eigenvalue weighted by atomic mass is 9.94. The van der Waals surface area contributed by atoms with Crippen molar-refractivity contribution in [1.29, 1.82) is 0 Å². The highest BCUT2D eigenvalue weighted by molar-refractivity contribution is 7.89. The third-order valence-corrected chi connectivity index (χ3v) is 7.40. The monoisotopic (exact) mass is 451 g/mol. The molecule has 1 aromatic carbocycles. The fraction of sp³-hybridized carbons (Fsp3) is 0.450. The van der Waals surface area contributed by atoms with Crippen molar-refractivity contribution in [3.05, 3.63) is 40.9 Å². The lowest BCUT2D eigenvalue weighted by Gasteiger charge is -2.34. The number of benzene rings is 1. The number of thiazole rings is 1. The largest absolute Gasteiger partial charge is 0.461 e. The van der Waals surface area contributed by atoms with Gasteiger partial charge in [0.05, 0.1) is 11.5 Å². The molecule has 1 fully saturated rings. The van der Waals surface area contributed by atoms with Crippen molar-refractivity contribution in [3.8, 4) is 0 Å². The Morgan fingerprint density at radius 1 is 1.20 bits per heavy atom. The summed E-state index contributed by atoms with van der Waals surface area (Å²) in [5.41, 5.74) is 0.422. The number of nitrogens with one attached hydrogen (secondary N) is 1. The molecule has 0 bridgehead atoms. The second-order valence-corrected chi connectivity index (χ2v) is 10.3. The second kappa shape index (κ2) is 9.23. The first-order chi connectivity index (χ1) is 14.2. The van der Waals surface area contributed by atoms with E-state index in [1.807, 2.05) is 0 Å². The number of aromatic nitrogens is 1. The van der Waals surface area contributed by atoms with Gasteiger partial charge >= 0.3 is 5.97 Å². The maximum Gasteiger partial charge on any atom is 0.357 e. The van der Waals surface area contributed by atoms with E-state index in [0.717, 1.165) is 17.8 Å². The molecule has 1 N–H and O–H groups in total. The molecule has 2 atom stereocenters. The number of carbonyl (C=O) groups is 2. The summed E-state index contributed by atoms with van der Waals surface area (Å²) in [6.07, 6.45) is 1.01. The van der Waals surface area contributed by atoms with E-state index in [0.29, 0.717) is 30.5 Å². The Hall–Kier alpha value is -2.30. The number of rotatable bonds is 6. The molecule has 1 saturated heterocycles. The van der Waals surface area contributed by atoms with Crippen molar-refractivity contribution in [3.63, 3.8) is 0 Å². The van der Waals surface area contributed by atoms with Crippen molar-refractivity contribution in [2.75, 3.05) is 25.0 Å². The van der Waals surface area contributed by atoms with Gasteiger partial charge in [-0.05, 0) is 49.4 Å². The van der Waals surface area contributed by atoms with E-state index in [4.69, 9.17) is 4.74 Å². The number of hydrogen-bond donors (Lipinski definition) is 1. The zero-order chi connectivity index (χ0) is 21.9. The van der Waals surface area contributed by atoms with Crippen LogP contribution >= 0.6 is 11.3 Å². The number of piperidine rings is 1. The van der Waals surface area contributed by atoms with Crippen LogP contribution < -0.4 is 5.32 Å². The molecular weight excluding hydrogens is 426 g/mol. The van der Waals surface area contributed by atoms with Crippen molar-refractivity contribution in [2.24, 2.45) is 11.8 Å². The van der Waals surface area contributed by atoms with Gasteiger partial charge in [0.15, 0.2) is 10.8 Å². The molecule has 0 saturated carbocycles. The van der Waals surface area contributed by atoms with Gasteiger partial charge in [-0.15, -0.1) is 11.3 Å². The Balaban J connectivity index is 1.69. The summed E-state index contributed by atoms with van der Waals surface area (Å²) >= 11 is 1.11. The maximum absolute atomic E-state index is 12.9. The van der Waals surface area contributed by atoms with E-state index in [-0.39, 0.29) is 22.3 Å². The molecule has 1 aliphatic heterocycles. The predicted octanol–water partition coefficient (Wildman–Crippen LogP) is 3.24. The molecule has 1 aromatic heterocycles. The van der Waals surface area contributed by atoms with Gasteiger partial charge in [0, 0.05) is 24.0 Å². The summed E-state index contributed by atoms with van der Waals surface area (Å²) in [4.78, 5) is 28.3. The van der Waals surface area contributed by atoms with Gasteiger partial charge < -0.3 is 4.74 Å². The molecule has 1 amide bonds. The van der Waals surface area contributed by atoms with Crippen molar-refractivity contribution in [1.82, 2.24) is 9.29 Å². The van der Waals surface area contributed by atoms with Crippen LogP contribution in [0.2, 0.25) is 0 Å². The lowest BCUT2D eigenvalue weighted by molar-refractivity contribution is 0.0520. The molecule has 162 valence electrons. The molecule has 0 aliphatic carbocycles. The van der Waals surface area contributed by atoms with Crippen LogP contribution in [0.3, 0.4) is 0 Å². The Morgan fingerprint density at radius 2 is 1.83 bits per heavy atom. The van der Waals surface area contributed by atoms with Crippen LogP contribution in [0.5, 0.6) is 0 Å². The van der Waals surface area contributed by atoms with Crippen LogP contribution in [0.15, 0.2) is 34.5 Å². The van der Waals surface area contributed by atoms with Gasteiger partial charge in [0.2, 0.25) is 10.0 Å². The summed E-state index contributed by atoms with van der Waals surface area (Å²) in [6.45, 7) is 7.05. The first-order valence-corrected chi connectivity index (χ1v) is 12.1. The van der Waals surface area contributed by atoms with Gasteiger partial charge in [-0.1, -0.05) is 13.8 Å². The molecule has 0 spiro atoms. The average molecular weight is 452 g/mol. The molecule has 3 rings (SSSR count). The van der Waals surface area contributed by atoms with E-state index < -0.39 is 21.9 Å². The van der Waals surface area contributed by atoms with Crippen molar-refractivity contribution in [2.45, 2.75) is 32.1 Å². The number of ether oxygens (including phenoxy) is 1. The lowest BCUT2D eigenvalue weighted by Crippen LogP contribution is -2.42. The molecular formula is C20H25N3O5S2. The zero-order valence-electron chi connectivity index (χ0n) is 17.1. The molecule has 0 unspecified atom stereocenters. The van der Waals surface area contributed by atoms with Crippen LogP contribution in [-0.4, -0.2) is 49.3 Å². The zero-order valence-corrected chi connectivity index (χ0v) is 18.8. The summed E-state index contributed by atoms with van der Waals surface area (Å²) < 4.78 is 32.3. The first-order valence-electron chi connectivity index (χ1n) is 9.75. The van der Waals surface area contributed by atoms with Crippen LogP contribution in [0.1, 0.15) is 48.0 Å². The SMILES string of the molecule is CCOC(=O)c1csc(NC(=O)c2ccc(S(=O)(=O)N3C[C@@H](C)C[C@H](C)C3)cc2)n1. The smallest absolute Gasteiger partial charge is 0.357 e. The van der Waals surface area contributed by atoms with E-state index in [9.17, 15) is 18.0 Å². The minimum absolute atomic E-state index is 0.128. The standard InChI is InChI=1S/C20H25N3O5S2/c1-4-28-19(25)17-12-29-20(21-17)22-18(24)15-5-7-16(8-6-15)30(26,27)23-10-13(2)9-14(3)11-23/h5-8,12-14H,4,9-11H2,1-3H3,(H,21,22,24)/t13-,14-/m0/s1. The number of anilines is 1. The normalized spacial score (nSPS) is 20.0. The molecule has 10 heteroatoms. The summed E-state index contributed by atoms with van der Waals surface area (Å²) in [6, 6.07) is 5.83. The van der Waals surface area contributed by atoms with Gasteiger partial charge in [0.1, 0.15) is 0 Å². The summed E-state index contributed by atoms with van der Waals surface area (Å²) in [5, 5.41) is 4.37. The predicted molar refractivity (Wildman–Crippen MR) is 114 cm³/mol. The third kappa shape index (κ3) is 5.05. The second-order valence-electron chi connectivity index (χ2n) is 7.50. The van der Waals surface area contributed by atoms with Crippen molar-refractivity contribution < 1.29 is 22.7 Å². The highest BCUT2D eigenvalue weighted by Gasteiger charge is 2.31. The van der Waals surface area contributed by atoms with E-state index in [1.165, 1.54) is 34.0 Å². The van der Waals surface area contributed by atoms with E-state index in [2.05, 4.69) is 24.1 Å². The Morgan fingerprint density at radius 3 is 2.43 bits per heavy atom. The number of nitrogens with zero attached hydrogens (tertiary/aromatic N) is 2. The quantitative estimate of drug-likeness (QED) is 0.676. The fourth-order valence-electron chi connectivity index (χ4n) is 3.53. The first kappa shape index (κ1) is 22.4. The maximum atomic E-state index is 12.9. The van der Waals surface area contributed by atoms with Crippen LogP contribution in [0.25, 0.3) is 0 Å². The number of esters is 1. The van der Waals surface area contributed by atoms with E-state index in [1.54, 1.807) is 6.92 Å². The summed E-state index contributed by atoms with van der Waals surface area (Å²) in [7, 11) is -3.60. The van der Waals surface area contributed by atoms with Crippen molar-refractivity contribution >= 4 is 38.4 Å². The Bertz CT molecular complexity index is 1010. The molecule has 2 aromatic rings.